The van der Waals surface area contributed by atoms with E-state index in [2.05, 4.69) is 10.6 Å². The molecule has 0 saturated carbocycles. The van der Waals surface area contributed by atoms with Crippen LogP contribution in [0.15, 0.2) is 24.3 Å². The van der Waals surface area contributed by atoms with Crippen molar-refractivity contribution >= 4 is 17.7 Å². The number of aryl methyl sites for hydroxylation is 1. The third-order valence-electron chi connectivity index (χ3n) is 3.07. The Morgan fingerprint density at radius 2 is 2.20 bits per heavy atom. The fraction of sp³-hybridized carbons (Fsp3) is 0.357. The van der Waals surface area contributed by atoms with Crippen LogP contribution in [0.2, 0.25) is 0 Å². The summed E-state index contributed by atoms with van der Waals surface area (Å²) in [7, 11) is 0. The summed E-state index contributed by atoms with van der Waals surface area (Å²) in [5.41, 5.74) is 1.51. The van der Waals surface area contributed by atoms with Crippen molar-refractivity contribution in [3.8, 4) is 0 Å². The van der Waals surface area contributed by atoms with Gasteiger partial charge in [0.1, 0.15) is 0 Å². The molecule has 0 atom stereocenters. The highest BCUT2D eigenvalue weighted by Crippen LogP contribution is 2.03. The summed E-state index contributed by atoms with van der Waals surface area (Å²) in [4.78, 5) is 36.4. The highest BCUT2D eigenvalue weighted by atomic mass is 16.2. The summed E-state index contributed by atoms with van der Waals surface area (Å²) in [6, 6.07) is 7.14. The smallest absolute Gasteiger partial charge is 0.251 e. The first kappa shape index (κ1) is 14.0. The number of amides is 3. The van der Waals surface area contributed by atoms with Gasteiger partial charge in [-0.1, -0.05) is 17.7 Å². The van der Waals surface area contributed by atoms with Gasteiger partial charge in [0.2, 0.25) is 11.8 Å². The van der Waals surface area contributed by atoms with Crippen LogP contribution < -0.4 is 10.6 Å². The topological polar surface area (TPSA) is 78.5 Å². The van der Waals surface area contributed by atoms with Crippen LogP contribution in [0.25, 0.3) is 0 Å². The number of nitrogens with zero attached hydrogens (tertiary/aromatic N) is 1. The van der Waals surface area contributed by atoms with Crippen molar-refractivity contribution in [1.82, 2.24) is 15.5 Å². The second kappa shape index (κ2) is 6.18. The van der Waals surface area contributed by atoms with E-state index in [1.165, 1.54) is 4.90 Å². The Morgan fingerprint density at radius 3 is 2.90 bits per heavy atom. The molecule has 1 heterocycles. The Kier molecular flexibility index (Phi) is 4.34. The Morgan fingerprint density at radius 1 is 1.40 bits per heavy atom. The average Bonchev–Trinajstić information content (AvgIpc) is 2.44. The van der Waals surface area contributed by atoms with Crippen LogP contribution in [0.4, 0.5) is 0 Å². The molecule has 0 bridgehead atoms. The van der Waals surface area contributed by atoms with Crippen LogP contribution in [0, 0.1) is 6.92 Å². The van der Waals surface area contributed by atoms with Crippen molar-refractivity contribution in [1.29, 1.82) is 0 Å². The molecule has 6 nitrogen and oxygen atoms in total. The predicted octanol–water partition coefficient (Wildman–Crippen LogP) is -0.317. The number of nitrogens with one attached hydrogen (secondary N) is 2. The fourth-order valence-electron chi connectivity index (χ4n) is 2.01. The number of piperazine rings is 1. The zero-order valence-electron chi connectivity index (χ0n) is 11.3. The van der Waals surface area contributed by atoms with Gasteiger partial charge in [-0.2, -0.15) is 0 Å². The van der Waals surface area contributed by atoms with Gasteiger partial charge >= 0.3 is 0 Å². The largest absolute Gasteiger partial charge is 0.353 e. The van der Waals surface area contributed by atoms with Gasteiger partial charge in [0, 0.05) is 18.7 Å². The van der Waals surface area contributed by atoms with Crippen molar-refractivity contribution in [2.75, 3.05) is 26.2 Å². The van der Waals surface area contributed by atoms with Crippen LogP contribution in [0.5, 0.6) is 0 Å². The van der Waals surface area contributed by atoms with E-state index in [4.69, 9.17) is 0 Å². The highest BCUT2D eigenvalue weighted by molar-refractivity contribution is 5.97. The van der Waals surface area contributed by atoms with Crippen LogP contribution in [-0.4, -0.2) is 48.8 Å². The molecule has 1 aliphatic heterocycles. The summed E-state index contributed by atoms with van der Waals surface area (Å²) in [5.74, 6) is -0.709. The van der Waals surface area contributed by atoms with E-state index in [9.17, 15) is 14.4 Å². The number of carbonyl (C=O) groups is 3. The first-order valence-electron chi connectivity index (χ1n) is 6.45. The monoisotopic (exact) mass is 275 g/mol. The molecule has 0 aromatic heterocycles. The van der Waals surface area contributed by atoms with E-state index in [1.807, 2.05) is 13.0 Å². The molecule has 106 valence electrons. The molecule has 0 aliphatic carbocycles. The first-order chi connectivity index (χ1) is 9.56. The molecular formula is C14H17N3O3. The molecule has 1 aliphatic rings. The first-order valence-corrected chi connectivity index (χ1v) is 6.45. The quantitative estimate of drug-likeness (QED) is 0.794. The number of carbonyl (C=O) groups excluding carboxylic acids is 3. The van der Waals surface area contributed by atoms with Gasteiger partial charge in [-0.05, 0) is 19.1 Å². The average molecular weight is 275 g/mol. The lowest BCUT2D eigenvalue weighted by molar-refractivity contribution is -0.137. The fourth-order valence-corrected chi connectivity index (χ4v) is 2.01. The maximum absolute atomic E-state index is 11.9. The molecule has 6 heteroatoms. The number of hydrogen-bond donors (Lipinski definition) is 2. The molecule has 2 N–H and O–H groups in total. The summed E-state index contributed by atoms with van der Waals surface area (Å²) in [5, 5.41) is 5.22. The number of hydrogen-bond acceptors (Lipinski definition) is 3. The standard InChI is InChI=1S/C14H17N3O3/c1-10-3-2-4-11(7-10)14(20)16-8-13(19)17-6-5-15-12(18)9-17/h2-4,7H,5-6,8-9H2,1H3,(H,15,18)(H,16,20). The summed E-state index contributed by atoms with van der Waals surface area (Å²) >= 11 is 0. The van der Waals surface area contributed by atoms with Crippen LogP contribution in [-0.2, 0) is 9.59 Å². The van der Waals surface area contributed by atoms with Crippen LogP contribution in [0.1, 0.15) is 15.9 Å². The van der Waals surface area contributed by atoms with Crippen molar-refractivity contribution in [2.24, 2.45) is 0 Å². The minimum absolute atomic E-state index is 0.0547. The van der Waals surface area contributed by atoms with Gasteiger partial charge in [0.25, 0.3) is 5.91 Å². The summed E-state index contributed by atoms with van der Waals surface area (Å²) in [6.07, 6.45) is 0. The van der Waals surface area contributed by atoms with Crippen molar-refractivity contribution < 1.29 is 14.4 Å². The lowest BCUT2D eigenvalue weighted by Crippen LogP contribution is -2.52. The van der Waals surface area contributed by atoms with Crippen LogP contribution >= 0.6 is 0 Å². The highest BCUT2D eigenvalue weighted by Gasteiger charge is 2.21. The Balaban J connectivity index is 1.87. The lowest BCUT2D eigenvalue weighted by atomic mass is 10.1. The number of rotatable bonds is 3. The maximum atomic E-state index is 11.9. The predicted molar refractivity (Wildman–Crippen MR) is 73.1 cm³/mol. The van der Waals surface area contributed by atoms with Crippen molar-refractivity contribution in [3.63, 3.8) is 0 Å². The molecule has 1 fully saturated rings. The van der Waals surface area contributed by atoms with E-state index >= 15 is 0 Å². The lowest BCUT2D eigenvalue weighted by Gasteiger charge is -2.26. The van der Waals surface area contributed by atoms with Gasteiger partial charge in [-0.3, -0.25) is 14.4 Å². The molecular weight excluding hydrogens is 258 g/mol. The van der Waals surface area contributed by atoms with E-state index in [0.29, 0.717) is 18.7 Å². The Bertz CT molecular complexity index is 542. The zero-order chi connectivity index (χ0) is 14.5. The molecule has 2 rings (SSSR count). The second-order valence-corrected chi connectivity index (χ2v) is 4.72. The second-order valence-electron chi connectivity index (χ2n) is 4.72. The normalized spacial score (nSPS) is 14.7. The van der Waals surface area contributed by atoms with E-state index in [1.54, 1.807) is 18.2 Å². The molecule has 1 aromatic carbocycles. The molecule has 1 aromatic rings. The molecule has 3 amide bonds. The van der Waals surface area contributed by atoms with Gasteiger partial charge < -0.3 is 15.5 Å². The van der Waals surface area contributed by atoms with E-state index in [-0.39, 0.29) is 30.8 Å². The Hall–Kier alpha value is -2.37. The third-order valence-corrected chi connectivity index (χ3v) is 3.07. The molecule has 20 heavy (non-hydrogen) atoms. The summed E-state index contributed by atoms with van der Waals surface area (Å²) < 4.78 is 0. The van der Waals surface area contributed by atoms with Crippen molar-refractivity contribution in [3.05, 3.63) is 35.4 Å². The van der Waals surface area contributed by atoms with E-state index in [0.717, 1.165) is 5.56 Å². The third kappa shape index (κ3) is 3.57. The van der Waals surface area contributed by atoms with Gasteiger partial charge in [-0.25, -0.2) is 0 Å². The van der Waals surface area contributed by atoms with E-state index < -0.39 is 0 Å². The van der Waals surface area contributed by atoms with Crippen molar-refractivity contribution in [2.45, 2.75) is 6.92 Å². The van der Waals surface area contributed by atoms with Crippen LogP contribution in [0.3, 0.4) is 0 Å². The summed E-state index contributed by atoms with van der Waals surface area (Å²) in [6.45, 7) is 2.79. The molecule has 1 saturated heterocycles. The molecule has 0 unspecified atom stereocenters. The van der Waals surface area contributed by atoms with Gasteiger partial charge in [0.15, 0.2) is 0 Å². The Labute approximate surface area is 117 Å². The molecule has 0 spiro atoms. The van der Waals surface area contributed by atoms with Gasteiger partial charge in [0.05, 0.1) is 13.1 Å². The number of benzene rings is 1. The van der Waals surface area contributed by atoms with Gasteiger partial charge in [-0.15, -0.1) is 0 Å². The zero-order valence-corrected chi connectivity index (χ0v) is 11.3. The molecule has 0 radical (unpaired) electrons. The minimum atomic E-state index is -0.288. The SMILES string of the molecule is Cc1cccc(C(=O)NCC(=O)N2CCNC(=O)C2)c1. The minimum Gasteiger partial charge on any atom is -0.353 e. The maximum Gasteiger partial charge on any atom is 0.251 e.